The van der Waals surface area contributed by atoms with Crippen LogP contribution in [0.25, 0.3) is 0 Å². The Balaban J connectivity index is 1.54. The fourth-order valence-corrected chi connectivity index (χ4v) is 2.41. The van der Waals surface area contributed by atoms with E-state index in [9.17, 15) is 4.79 Å². The van der Waals surface area contributed by atoms with Gasteiger partial charge in [0, 0.05) is 26.3 Å². The molecule has 0 atom stereocenters. The third-order valence-electron chi connectivity index (χ3n) is 3.83. The Kier molecular flexibility index (Phi) is 5.83. The van der Waals surface area contributed by atoms with Crippen molar-refractivity contribution < 1.29 is 9.21 Å². The van der Waals surface area contributed by atoms with Gasteiger partial charge in [-0.25, -0.2) is 4.98 Å². The predicted octanol–water partition coefficient (Wildman–Crippen LogP) is 1.53. The molecule has 0 radical (unpaired) electrons. The number of amides is 1. The Hall–Kier alpha value is -3.62. The van der Waals surface area contributed by atoms with Gasteiger partial charge in [0.15, 0.2) is 11.7 Å². The summed E-state index contributed by atoms with van der Waals surface area (Å²) in [5.74, 6) is 1.43. The predicted molar refractivity (Wildman–Crippen MR) is 101 cm³/mol. The maximum atomic E-state index is 12.1. The molecule has 3 N–H and O–H groups in total. The Bertz CT molecular complexity index is 915. The van der Waals surface area contributed by atoms with E-state index >= 15 is 0 Å². The molecule has 0 fully saturated rings. The van der Waals surface area contributed by atoms with Crippen LogP contribution in [0.1, 0.15) is 21.9 Å². The van der Waals surface area contributed by atoms with Crippen molar-refractivity contribution in [2.45, 2.75) is 13.1 Å². The zero-order valence-electron chi connectivity index (χ0n) is 15.1. The second-order valence-electron chi connectivity index (χ2n) is 5.71. The van der Waals surface area contributed by atoms with E-state index in [1.807, 2.05) is 31.3 Å². The van der Waals surface area contributed by atoms with Gasteiger partial charge in [-0.1, -0.05) is 12.1 Å². The fourth-order valence-electron chi connectivity index (χ4n) is 2.41. The normalized spacial score (nSPS) is 11.3. The number of hydrogen-bond donors (Lipinski definition) is 3. The number of benzene rings is 1. The van der Waals surface area contributed by atoms with Crippen LogP contribution in [0, 0.1) is 0 Å². The first-order valence-electron chi connectivity index (χ1n) is 8.37. The van der Waals surface area contributed by atoms with E-state index in [-0.39, 0.29) is 11.7 Å². The van der Waals surface area contributed by atoms with E-state index < -0.39 is 0 Å². The van der Waals surface area contributed by atoms with E-state index in [1.165, 1.54) is 12.6 Å². The Morgan fingerprint density at radius 1 is 1.22 bits per heavy atom. The molecule has 0 spiro atoms. The molecular weight excluding hydrogens is 346 g/mol. The molecule has 3 rings (SSSR count). The van der Waals surface area contributed by atoms with Crippen LogP contribution >= 0.6 is 0 Å². The molecule has 27 heavy (non-hydrogen) atoms. The smallest absolute Gasteiger partial charge is 0.291 e. The average molecular weight is 367 g/mol. The number of anilines is 1. The van der Waals surface area contributed by atoms with Crippen molar-refractivity contribution in [1.29, 1.82) is 0 Å². The van der Waals surface area contributed by atoms with Crippen molar-refractivity contribution in [1.82, 2.24) is 25.4 Å². The van der Waals surface area contributed by atoms with Crippen molar-refractivity contribution >= 4 is 17.6 Å². The van der Waals surface area contributed by atoms with Gasteiger partial charge in [0.25, 0.3) is 5.91 Å². The van der Waals surface area contributed by atoms with Gasteiger partial charge < -0.3 is 20.4 Å². The van der Waals surface area contributed by atoms with Gasteiger partial charge in [0.05, 0.1) is 12.8 Å². The van der Waals surface area contributed by atoms with Crippen molar-refractivity contribution in [3.63, 3.8) is 0 Å². The van der Waals surface area contributed by atoms with Gasteiger partial charge in [-0.15, -0.1) is 0 Å². The van der Waals surface area contributed by atoms with E-state index in [0.717, 1.165) is 11.4 Å². The number of aliphatic imine (C=N–C) groups is 1. The minimum Gasteiger partial charge on any atom is -0.459 e. The highest BCUT2D eigenvalue weighted by Gasteiger charge is 2.09. The largest absolute Gasteiger partial charge is 0.459 e. The lowest BCUT2D eigenvalue weighted by molar-refractivity contribution is 0.0996. The number of aryl methyl sites for hydroxylation is 1. The lowest BCUT2D eigenvalue weighted by atomic mass is 10.2. The molecule has 0 unspecified atom stereocenters. The zero-order valence-corrected chi connectivity index (χ0v) is 15.1. The third-order valence-corrected chi connectivity index (χ3v) is 3.83. The lowest BCUT2D eigenvalue weighted by Gasteiger charge is -2.12. The van der Waals surface area contributed by atoms with Crippen LogP contribution in [-0.4, -0.2) is 33.7 Å². The van der Waals surface area contributed by atoms with Gasteiger partial charge >= 0.3 is 0 Å². The summed E-state index contributed by atoms with van der Waals surface area (Å²) in [7, 11) is 3.54. The highest BCUT2D eigenvalue weighted by Crippen LogP contribution is 2.12. The van der Waals surface area contributed by atoms with Crippen molar-refractivity contribution in [2.24, 2.45) is 12.0 Å². The number of rotatable bonds is 6. The van der Waals surface area contributed by atoms with E-state index in [0.29, 0.717) is 24.7 Å². The summed E-state index contributed by atoms with van der Waals surface area (Å²) in [6, 6.07) is 10.9. The highest BCUT2D eigenvalue weighted by atomic mass is 16.3. The molecule has 0 aliphatic rings. The van der Waals surface area contributed by atoms with E-state index in [2.05, 4.69) is 31.0 Å². The van der Waals surface area contributed by atoms with Crippen LogP contribution in [0.4, 0.5) is 5.69 Å². The Morgan fingerprint density at radius 2 is 2.07 bits per heavy atom. The summed E-state index contributed by atoms with van der Waals surface area (Å²) >= 11 is 0. The summed E-state index contributed by atoms with van der Waals surface area (Å²) in [6.45, 7) is 1.05. The minimum absolute atomic E-state index is 0.270. The van der Waals surface area contributed by atoms with Crippen LogP contribution in [-0.2, 0) is 20.1 Å². The lowest BCUT2D eigenvalue weighted by Crippen LogP contribution is -2.36. The molecule has 0 aliphatic carbocycles. The first-order valence-corrected chi connectivity index (χ1v) is 8.37. The molecule has 0 aliphatic heterocycles. The summed E-state index contributed by atoms with van der Waals surface area (Å²) in [6.07, 6.45) is 2.98. The van der Waals surface area contributed by atoms with Gasteiger partial charge in [0.2, 0.25) is 0 Å². The summed E-state index contributed by atoms with van der Waals surface area (Å²) in [5, 5.41) is 13.2. The Labute approximate surface area is 156 Å². The number of carbonyl (C=O) groups excluding carboxylic acids is 1. The van der Waals surface area contributed by atoms with Crippen LogP contribution in [0.15, 0.2) is 58.4 Å². The van der Waals surface area contributed by atoms with Gasteiger partial charge in [0.1, 0.15) is 12.2 Å². The number of aromatic nitrogens is 3. The van der Waals surface area contributed by atoms with Gasteiger partial charge in [-0.3, -0.25) is 14.5 Å². The van der Waals surface area contributed by atoms with Gasteiger partial charge in [-0.05, 0) is 29.8 Å². The van der Waals surface area contributed by atoms with Crippen molar-refractivity contribution in [3.05, 3.63) is 66.1 Å². The molecule has 0 bridgehead atoms. The maximum absolute atomic E-state index is 12.1. The van der Waals surface area contributed by atoms with Crippen LogP contribution in [0.5, 0.6) is 0 Å². The monoisotopic (exact) mass is 367 g/mol. The van der Waals surface area contributed by atoms with E-state index in [4.69, 9.17) is 4.42 Å². The summed E-state index contributed by atoms with van der Waals surface area (Å²) in [5.41, 5.74) is 1.69. The first kappa shape index (κ1) is 18.2. The molecule has 1 aromatic carbocycles. The second kappa shape index (κ2) is 8.65. The number of guanidine groups is 1. The second-order valence-corrected chi connectivity index (χ2v) is 5.71. The average Bonchev–Trinajstić information content (AvgIpc) is 3.34. The molecule has 3 aromatic rings. The first-order chi connectivity index (χ1) is 13.2. The Morgan fingerprint density at radius 3 is 2.78 bits per heavy atom. The standard InChI is InChI=1S/C18H21N7O2/c1-19-18(21-11-16-22-12-23-25(16)2)20-10-13-5-3-6-14(9-13)24-17(26)15-7-4-8-27-15/h3-9,12H,10-11H2,1-2H3,(H,24,26)(H2,19,20,21). The zero-order chi connectivity index (χ0) is 19.1. The molecule has 140 valence electrons. The number of nitrogens with one attached hydrogen (secondary N) is 3. The van der Waals surface area contributed by atoms with Crippen molar-refractivity contribution in [3.8, 4) is 0 Å². The van der Waals surface area contributed by atoms with Gasteiger partial charge in [-0.2, -0.15) is 5.10 Å². The highest BCUT2D eigenvalue weighted by molar-refractivity contribution is 6.02. The summed E-state index contributed by atoms with van der Waals surface area (Å²) < 4.78 is 6.80. The molecule has 0 saturated carbocycles. The number of carbonyl (C=O) groups is 1. The van der Waals surface area contributed by atoms with Crippen LogP contribution < -0.4 is 16.0 Å². The number of nitrogens with zero attached hydrogens (tertiary/aromatic N) is 4. The third kappa shape index (κ3) is 4.94. The molecule has 2 heterocycles. The topological polar surface area (TPSA) is 109 Å². The van der Waals surface area contributed by atoms with Crippen molar-refractivity contribution in [2.75, 3.05) is 12.4 Å². The molecule has 2 aromatic heterocycles. The minimum atomic E-state index is -0.286. The molecule has 9 heteroatoms. The van der Waals surface area contributed by atoms with Crippen LogP contribution in [0.3, 0.4) is 0 Å². The molecule has 9 nitrogen and oxygen atoms in total. The SMILES string of the molecule is CN=C(NCc1cccc(NC(=O)c2ccco2)c1)NCc1ncnn1C. The molecular formula is C18H21N7O2. The maximum Gasteiger partial charge on any atom is 0.291 e. The molecule has 1 amide bonds. The van der Waals surface area contributed by atoms with E-state index in [1.54, 1.807) is 23.9 Å². The number of furan rings is 1. The number of hydrogen-bond acceptors (Lipinski definition) is 5. The molecule has 0 saturated heterocycles. The van der Waals surface area contributed by atoms with Crippen LogP contribution in [0.2, 0.25) is 0 Å². The quantitative estimate of drug-likeness (QED) is 0.450. The summed E-state index contributed by atoms with van der Waals surface area (Å²) in [4.78, 5) is 20.4. The fraction of sp³-hybridized carbons (Fsp3) is 0.222.